The van der Waals surface area contributed by atoms with Crippen LogP contribution in [0.5, 0.6) is 0 Å². The first kappa shape index (κ1) is 13.4. The smallest absolute Gasteiger partial charge is 0.349 e. The molecule has 0 aliphatic carbocycles. The first-order valence-corrected chi connectivity index (χ1v) is 6.70. The molecule has 5 heteroatoms. The maximum absolute atomic E-state index is 11.5. The fourth-order valence-electron chi connectivity index (χ4n) is 2.27. The Balaban J connectivity index is 2.22. The molecular weight excluding hydrogens is 296 g/mol. The molecule has 0 atom stereocenters. The predicted octanol–water partition coefficient (Wildman–Crippen LogP) is 2.39. The molecular formula is C13H17BrN2O2. The molecule has 4 nitrogen and oxygen atoms in total. The van der Waals surface area contributed by atoms with Crippen LogP contribution < -0.4 is 10.6 Å². The molecule has 0 aromatic heterocycles. The van der Waals surface area contributed by atoms with Gasteiger partial charge in [0.05, 0.1) is 5.56 Å². The molecule has 0 bridgehead atoms. The molecule has 0 saturated carbocycles. The Hall–Kier alpha value is -1.07. The van der Waals surface area contributed by atoms with Gasteiger partial charge in [0.15, 0.2) is 16.3 Å². The van der Waals surface area contributed by atoms with Crippen LogP contribution in [0.3, 0.4) is 0 Å². The van der Waals surface area contributed by atoms with E-state index in [1.807, 2.05) is 19.1 Å². The molecule has 2 rings (SSSR count). The van der Waals surface area contributed by atoms with Crippen molar-refractivity contribution in [2.45, 2.75) is 25.8 Å². The Morgan fingerprint density at radius 2 is 2.06 bits per heavy atom. The number of anilines is 1. The fourth-order valence-corrected chi connectivity index (χ4v) is 2.45. The van der Waals surface area contributed by atoms with Crippen molar-refractivity contribution in [1.82, 2.24) is 0 Å². The second-order valence-corrected chi connectivity index (χ2v) is 5.07. The average Bonchev–Trinajstić information content (AvgIpc) is 2.38. The second kappa shape index (κ2) is 5.71. The molecule has 1 aromatic rings. The molecule has 1 aromatic carbocycles. The minimum Gasteiger partial charge on any atom is -0.380 e. The highest BCUT2D eigenvalue weighted by atomic mass is 79.9. The second-order valence-electron chi connectivity index (χ2n) is 4.75. The van der Waals surface area contributed by atoms with E-state index in [-0.39, 0.29) is 5.97 Å². The van der Waals surface area contributed by atoms with Crippen molar-refractivity contribution in [1.29, 1.82) is 0 Å². The third-order valence-corrected chi connectivity index (χ3v) is 3.57. The van der Waals surface area contributed by atoms with Crippen molar-refractivity contribution in [3.63, 3.8) is 0 Å². The van der Waals surface area contributed by atoms with E-state index in [0.29, 0.717) is 11.6 Å². The number of hydrogen-bond donors (Lipinski definition) is 1. The summed E-state index contributed by atoms with van der Waals surface area (Å²) in [7, 11) is 0. The van der Waals surface area contributed by atoms with Gasteiger partial charge in [0.2, 0.25) is 0 Å². The number of benzene rings is 1. The van der Waals surface area contributed by atoms with Crippen LogP contribution >= 0.6 is 16.3 Å². The van der Waals surface area contributed by atoms with Gasteiger partial charge >= 0.3 is 5.97 Å². The summed E-state index contributed by atoms with van der Waals surface area (Å²) in [6.45, 7) is 3.85. The Bertz CT molecular complexity index is 443. The summed E-state index contributed by atoms with van der Waals surface area (Å²) in [5, 5.41) is 0. The Labute approximate surface area is 116 Å². The number of carbonyl (C=O) groups is 1. The van der Waals surface area contributed by atoms with Crippen LogP contribution in [0, 0.1) is 6.92 Å². The number of rotatable bonds is 2. The highest BCUT2D eigenvalue weighted by molar-refractivity contribution is 9.06. The molecule has 1 aliphatic rings. The lowest BCUT2D eigenvalue weighted by molar-refractivity contribution is 0.0782. The molecule has 0 amide bonds. The minimum atomic E-state index is -0.367. The van der Waals surface area contributed by atoms with Crippen molar-refractivity contribution in [3.05, 3.63) is 29.3 Å². The summed E-state index contributed by atoms with van der Waals surface area (Å²) in [6, 6.07) is 6.08. The zero-order chi connectivity index (χ0) is 13.1. The molecule has 1 saturated heterocycles. The number of hydrogen-bond acceptors (Lipinski definition) is 4. The molecule has 0 spiro atoms. The standard InChI is InChI=1S/C13H17BrN2O2/c1-9-6-10(13(17)18-14)8-12(7-9)16-4-2-11(15)3-5-16/h6-8,11H,2-5,15H2,1H3. The zero-order valence-corrected chi connectivity index (χ0v) is 11.9. The molecule has 1 fully saturated rings. The lowest BCUT2D eigenvalue weighted by Gasteiger charge is -2.32. The van der Waals surface area contributed by atoms with Gasteiger partial charge < -0.3 is 14.5 Å². The van der Waals surface area contributed by atoms with Crippen LogP contribution in [0.4, 0.5) is 5.69 Å². The Morgan fingerprint density at radius 3 is 2.67 bits per heavy atom. The lowest BCUT2D eigenvalue weighted by atomic mass is 10.0. The minimum absolute atomic E-state index is 0.304. The molecule has 1 heterocycles. The fraction of sp³-hybridized carbons (Fsp3) is 0.462. The van der Waals surface area contributed by atoms with E-state index in [2.05, 4.69) is 31.1 Å². The Morgan fingerprint density at radius 1 is 1.39 bits per heavy atom. The van der Waals surface area contributed by atoms with Crippen LogP contribution in [0.2, 0.25) is 0 Å². The average molecular weight is 313 g/mol. The van der Waals surface area contributed by atoms with Crippen molar-refractivity contribution in [2.75, 3.05) is 18.0 Å². The number of nitrogens with zero attached hydrogens (tertiary/aromatic N) is 1. The van der Waals surface area contributed by atoms with Crippen LogP contribution in [0.25, 0.3) is 0 Å². The third kappa shape index (κ3) is 3.03. The zero-order valence-electron chi connectivity index (χ0n) is 10.4. The van der Waals surface area contributed by atoms with Gasteiger partial charge in [-0.3, -0.25) is 0 Å². The van der Waals surface area contributed by atoms with E-state index >= 15 is 0 Å². The number of halogens is 1. The Kier molecular flexibility index (Phi) is 4.24. The summed E-state index contributed by atoms with van der Waals surface area (Å²) in [5.74, 6) is -0.367. The first-order chi connectivity index (χ1) is 8.60. The number of carbonyl (C=O) groups excluding carboxylic acids is 1. The van der Waals surface area contributed by atoms with Gasteiger partial charge in [0.1, 0.15) is 0 Å². The molecule has 1 aliphatic heterocycles. The van der Waals surface area contributed by atoms with Gasteiger partial charge in [-0.15, -0.1) is 0 Å². The largest absolute Gasteiger partial charge is 0.380 e. The van der Waals surface area contributed by atoms with Crippen LogP contribution in [0.15, 0.2) is 18.2 Å². The van der Waals surface area contributed by atoms with E-state index in [1.165, 1.54) is 0 Å². The van der Waals surface area contributed by atoms with Crippen LogP contribution in [0.1, 0.15) is 28.8 Å². The van der Waals surface area contributed by atoms with Gasteiger partial charge in [-0.05, 0) is 43.5 Å². The van der Waals surface area contributed by atoms with E-state index in [1.54, 1.807) is 0 Å². The summed E-state index contributed by atoms with van der Waals surface area (Å²) in [5.41, 5.74) is 8.58. The monoisotopic (exact) mass is 312 g/mol. The van der Waals surface area contributed by atoms with Crippen molar-refractivity contribution >= 4 is 27.9 Å². The molecule has 98 valence electrons. The molecule has 2 N–H and O–H groups in total. The summed E-state index contributed by atoms with van der Waals surface area (Å²) >= 11 is 2.72. The maximum Gasteiger partial charge on any atom is 0.349 e. The lowest BCUT2D eigenvalue weighted by Crippen LogP contribution is -2.39. The number of aryl methyl sites for hydroxylation is 1. The van der Waals surface area contributed by atoms with Gasteiger partial charge in [0.25, 0.3) is 0 Å². The molecule has 0 unspecified atom stereocenters. The van der Waals surface area contributed by atoms with Crippen LogP contribution in [-0.4, -0.2) is 25.1 Å². The van der Waals surface area contributed by atoms with Gasteiger partial charge in [-0.2, -0.15) is 0 Å². The molecule has 18 heavy (non-hydrogen) atoms. The van der Waals surface area contributed by atoms with E-state index in [0.717, 1.165) is 37.2 Å². The summed E-state index contributed by atoms with van der Waals surface area (Å²) in [6.07, 6.45) is 1.98. The van der Waals surface area contributed by atoms with Gasteiger partial charge in [0, 0.05) is 24.8 Å². The first-order valence-electron chi connectivity index (χ1n) is 6.05. The highest BCUT2D eigenvalue weighted by Crippen LogP contribution is 2.23. The van der Waals surface area contributed by atoms with Gasteiger partial charge in [-0.25, -0.2) is 4.79 Å². The summed E-state index contributed by atoms with van der Waals surface area (Å²) < 4.78 is 4.59. The van der Waals surface area contributed by atoms with Crippen LogP contribution in [-0.2, 0) is 3.83 Å². The number of nitrogens with two attached hydrogens (primary N) is 1. The summed E-state index contributed by atoms with van der Waals surface area (Å²) in [4.78, 5) is 13.8. The predicted molar refractivity (Wildman–Crippen MR) is 74.9 cm³/mol. The SMILES string of the molecule is Cc1cc(C(=O)OBr)cc(N2CCC(N)CC2)c1. The normalized spacial score (nSPS) is 16.7. The van der Waals surface area contributed by atoms with E-state index < -0.39 is 0 Å². The van der Waals surface area contributed by atoms with E-state index in [9.17, 15) is 4.79 Å². The third-order valence-electron chi connectivity index (χ3n) is 3.27. The van der Waals surface area contributed by atoms with Crippen molar-refractivity contribution in [3.8, 4) is 0 Å². The van der Waals surface area contributed by atoms with Crippen molar-refractivity contribution in [2.24, 2.45) is 5.73 Å². The highest BCUT2D eigenvalue weighted by Gasteiger charge is 2.18. The van der Waals surface area contributed by atoms with Crippen molar-refractivity contribution < 1.29 is 8.62 Å². The molecule has 0 radical (unpaired) electrons. The quantitative estimate of drug-likeness (QED) is 0.911. The topological polar surface area (TPSA) is 55.6 Å². The van der Waals surface area contributed by atoms with E-state index in [4.69, 9.17) is 5.73 Å². The van der Waals surface area contributed by atoms with Gasteiger partial charge in [-0.1, -0.05) is 0 Å². The number of piperidine rings is 1. The maximum atomic E-state index is 11.5.